The summed E-state index contributed by atoms with van der Waals surface area (Å²) in [7, 11) is -10.5. The molecule has 0 unspecified atom stereocenters. The number of rotatable bonds is 16. The lowest BCUT2D eigenvalue weighted by atomic mass is 10.1. The summed E-state index contributed by atoms with van der Waals surface area (Å²) >= 11 is 0. The van der Waals surface area contributed by atoms with Crippen LogP contribution in [0.5, 0.6) is 0 Å². The highest BCUT2D eigenvalue weighted by Gasteiger charge is 2.32. The fraction of sp³-hybridized carbons (Fsp3) is 0.209. The minimum Gasteiger partial charge on any atom is -0.476 e. The zero-order valence-corrected chi connectivity index (χ0v) is 40.5. The van der Waals surface area contributed by atoms with Gasteiger partial charge in [0.25, 0.3) is 0 Å². The summed E-state index contributed by atoms with van der Waals surface area (Å²) in [6.45, 7) is 3.94. The third-order valence-electron chi connectivity index (χ3n) is 9.42. The molecule has 0 aliphatic rings. The number of carbonyl (C=O) groups is 2. The van der Waals surface area contributed by atoms with Crippen LogP contribution in [-0.4, -0.2) is 93.1 Å². The van der Waals surface area contributed by atoms with E-state index in [4.69, 9.17) is 31.4 Å². The van der Waals surface area contributed by atoms with Crippen LogP contribution in [0.15, 0.2) is 119 Å². The molecule has 7 N–H and O–H groups in total. The van der Waals surface area contributed by atoms with E-state index in [1.807, 2.05) is 62.4 Å². The van der Waals surface area contributed by atoms with E-state index in [0.29, 0.717) is 22.6 Å². The Morgan fingerprint density at radius 1 is 0.567 bits per heavy atom. The van der Waals surface area contributed by atoms with E-state index in [1.54, 1.807) is 0 Å². The molecule has 2 aromatic heterocycles. The number of sulfone groups is 2. The Balaban J connectivity index is 0.000000242. The first-order chi connectivity index (χ1) is 31.5. The lowest BCUT2D eigenvalue weighted by Crippen LogP contribution is -2.12. The molecule has 0 aliphatic carbocycles. The molecule has 0 amide bonds. The Morgan fingerprint density at radius 2 is 0.925 bits per heavy atom. The van der Waals surface area contributed by atoms with Gasteiger partial charge in [0.05, 0.1) is 33.6 Å². The average Bonchev–Trinajstić information content (AvgIpc) is 3.30. The Kier molecular flexibility index (Phi) is 18.3. The van der Waals surface area contributed by atoms with Gasteiger partial charge in [-0.05, 0) is 55.8 Å². The van der Waals surface area contributed by atoms with Crippen molar-refractivity contribution in [1.82, 2.24) is 19.9 Å². The molecule has 67 heavy (non-hydrogen) atoms. The van der Waals surface area contributed by atoms with Crippen LogP contribution in [0.2, 0.25) is 0 Å². The van der Waals surface area contributed by atoms with Crippen LogP contribution >= 0.6 is 15.2 Å². The normalized spacial score (nSPS) is 11.7. The van der Waals surface area contributed by atoms with Gasteiger partial charge in [0.1, 0.15) is 5.69 Å². The van der Waals surface area contributed by atoms with Gasteiger partial charge in [-0.2, -0.15) is 0 Å². The molecule has 0 atom stereocenters. The van der Waals surface area contributed by atoms with Crippen molar-refractivity contribution in [2.45, 2.75) is 30.1 Å². The molecule has 20 nitrogen and oxygen atoms in total. The molecule has 0 bridgehead atoms. The Hall–Kier alpha value is -6.22. The van der Waals surface area contributed by atoms with Gasteiger partial charge in [0.2, 0.25) is 0 Å². The molecule has 2 heterocycles. The maximum atomic E-state index is 12.8. The molecule has 4 aromatic carbocycles. The first-order valence-corrected chi connectivity index (χ1v) is 26.2. The highest BCUT2D eigenvalue weighted by Crippen LogP contribution is 2.49. The highest BCUT2D eigenvalue weighted by atomic mass is 32.2. The van der Waals surface area contributed by atoms with E-state index < -0.39 is 51.8 Å². The third kappa shape index (κ3) is 14.9. The smallest absolute Gasteiger partial charge is 0.358 e. The van der Waals surface area contributed by atoms with E-state index in [2.05, 4.69) is 29.0 Å². The van der Waals surface area contributed by atoms with Gasteiger partial charge < -0.3 is 40.4 Å². The summed E-state index contributed by atoms with van der Waals surface area (Å²) in [5.41, 5.74) is 21.0. The molecule has 0 radical (unpaired) electrons. The fourth-order valence-corrected chi connectivity index (χ4v) is 13.2. The van der Waals surface area contributed by atoms with Crippen molar-refractivity contribution in [3.63, 3.8) is 0 Å². The SMILES string of the molecule is COP(=O)(CS(=O)(=O)c1ccc(CC(=O)c2nc(-c3ccc(C)cc3)cnc2N)cc1)OC.COP(=O)(CS(=O)(=O)c1ccc(N)cc1)OC.Cc1ccc(-c2cnc(N)c(C(=O)O)n2)cc1. The van der Waals surface area contributed by atoms with Crippen LogP contribution in [0.4, 0.5) is 17.3 Å². The number of benzene rings is 4. The minimum atomic E-state index is -3.93. The van der Waals surface area contributed by atoms with Crippen molar-refractivity contribution < 1.29 is 58.8 Å². The number of nitrogens with zero attached hydrogens (tertiary/aromatic N) is 4. The zero-order chi connectivity index (χ0) is 49.7. The second-order valence-electron chi connectivity index (χ2n) is 14.3. The molecule has 24 heteroatoms. The molecular weight excluding hydrogens is 949 g/mol. The number of carboxylic acids is 1. The summed E-state index contributed by atoms with van der Waals surface area (Å²) in [4.78, 5) is 40.0. The van der Waals surface area contributed by atoms with Crippen molar-refractivity contribution in [1.29, 1.82) is 0 Å². The second-order valence-corrected chi connectivity index (χ2v) is 23.6. The predicted molar refractivity (Wildman–Crippen MR) is 253 cm³/mol. The summed E-state index contributed by atoms with van der Waals surface area (Å²) in [5.74, 6) is -1.59. The number of aromatic nitrogens is 4. The predicted octanol–water partition coefficient (Wildman–Crippen LogP) is 6.90. The van der Waals surface area contributed by atoms with E-state index in [0.717, 1.165) is 50.7 Å². The molecule has 0 aliphatic heterocycles. The van der Waals surface area contributed by atoms with Crippen LogP contribution in [-0.2, 0) is 53.3 Å². The van der Waals surface area contributed by atoms with Crippen LogP contribution in [0.25, 0.3) is 22.5 Å². The number of carbonyl (C=O) groups excluding carboxylic acids is 1. The zero-order valence-electron chi connectivity index (χ0n) is 37.1. The molecule has 0 spiro atoms. The number of hydrogen-bond acceptors (Lipinski definition) is 19. The highest BCUT2D eigenvalue weighted by molar-refractivity contribution is 7.98. The van der Waals surface area contributed by atoms with Crippen LogP contribution in [0, 0.1) is 13.8 Å². The molecule has 6 rings (SSSR count). The Labute approximate surface area is 387 Å². The van der Waals surface area contributed by atoms with Gasteiger partial charge in [0.15, 0.2) is 53.8 Å². The average molecular weight is 998 g/mol. The quantitative estimate of drug-likeness (QED) is 0.0435. The number of ketones is 1. The molecule has 0 saturated carbocycles. The maximum absolute atomic E-state index is 12.8. The van der Waals surface area contributed by atoms with Crippen molar-refractivity contribution in [3.8, 4) is 22.5 Å². The number of aromatic carboxylic acids is 1. The topological polar surface area (TPSA) is 323 Å². The molecule has 356 valence electrons. The fourth-order valence-electron chi connectivity index (χ4n) is 5.57. The molecule has 0 fully saturated rings. The Bertz CT molecular complexity index is 3000. The number of hydrogen-bond donors (Lipinski definition) is 4. The van der Waals surface area contributed by atoms with E-state index in [-0.39, 0.29) is 45.0 Å². The minimum absolute atomic E-state index is 0.0185. The van der Waals surface area contributed by atoms with E-state index in [9.17, 15) is 35.6 Å². The van der Waals surface area contributed by atoms with Crippen LogP contribution < -0.4 is 17.2 Å². The number of aryl methyl sites for hydroxylation is 2. The standard InChI is InChI=1S/C22H24N3O6PS.C12H11N3O2.C9H14NO5PS/c1-15-4-8-17(9-5-15)19-13-24-22(23)21(25-19)20(26)12-16-6-10-18(11-7-16)33(28,29)14-32(27,30-2)31-3;1-7-2-4-8(5-3-7)9-6-14-11(13)10(15-9)12(16)17;1-14-16(11,15-2)7-17(12,13)9-5-3-8(10)4-6-9/h4-11,13H,12,14H2,1-3H3,(H2,23,24);2-6H,1H3,(H2,13,14)(H,16,17);3-6H,7,10H2,1-2H3. The lowest BCUT2D eigenvalue weighted by Gasteiger charge is -2.14. The van der Waals surface area contributed by atoms with Crippen molar-refractivity contribution >= 4 is 63.9 Å². The van der Waals surface area contributed by atoms with Gasteiger partial charge in [-0.3, -0.25) is 13.9 Å². The summed E-state index contributed by atoms with van der Waals surface area (Å²) in [5, 5.41) is 8.90. The number of Topliss-reactive ketones (excluding diaryl/α,β-unsaturated/α-hetero) is 1. The van der Waals surface area contributed by atoms with Gasteiger partial charge in [0, 0.05) is 51.7 Å². The molecule has 6 aromatic rings. The van der Waals surface area contributed by atoms with Gasteiger partial charge in [-0.15, -0.1) is 0 Å². The number of anilines is 3. The number of carboxylic acid groups (broad SMARTS) is 1. The number of nitrogens with two attached hydrogens (primary N) is 3. The summed E-state index contributed by atoms with van der Waals surface area (Å²) < 4.78 is 91.4. The first-order valence-electron chi connectivity index (χ1n) is 19.4. The van der Waals surface area contributed by atoms with Crippen molar-refractivity contribution in [2.24, 2.45) is 0 Å². The van der Waals surface area contributed by atoms with Crippen molar-refractivity contribution in [3.05, 3.63) is 138 Å². The van der Waals surface area contributed by atoms with Crippen LogP contribution in [0.1, 0.15) is 37.7 Å². The monoisotopic (exact) mass is 997 g/mol. The largest absolute Gasteiger partial charge is 0.476 e. The van der Waals surface area contributed by atoms with E-state index in [1.165, 1.54) is 60.9 Å². The lowest BCUT2D eigenvalue weighted by molar-refractivity contribution is 0.0691. The Morgan fingerprint density at radius 3 is 1.30 bits per heavy atom. The summed E-state index contributed by atoms with van der Waals surface area (Å²) in [6, 6.07) is 26.5. The second kappa shape index (κ2) is 23.0. The maximum Gasteiger partial charge on any atom is 0.358 e. The summed E-state index contributed by atoms with van der Waals surface area (Å²) in [6.07, 6.45) is 2.92. The van der Waals surface area contributed by atoms with Gasteiger partial charge >= 0.3 is 21.2 Å². The van der Waals surface area contributed by atoms with Gasteiger partial charge in [-0.25, -0.2) is 41.6 Å². The first kappa shape index (κ1) is 53.4. The molecular formula is C43H49N7O13P2S2. The number of nitrogen functional groups attached to an aromatic ring is 3. The van der Waals surface area contributed by atoms with Crippen molar-refractivity contribution in [2.75, 3.05) is 56.6 Å². The third-order valence-corrected chi connectivity index (χ3v) is 18.9. The van der Waals surface area contributed by atoms with Gasteiger partial charge in [-0.1, -0.05) is 71.8 Å². The van der Waals surface area contributed by atoms with E-state index >= 15 is 0 Å². The van der Waals surface area contributed by atoms with Crippen LogP contribution in [0.3, 0.4) is 0 Å². The molecule has 0 saturated heterocycles.